The second-order valence-electron chi connectivity index (χ2n) is 8.50. The number of pyridine rings is 1. The minimum atomic E-state index is -0.146. The molecule has 2 aromatic carbocycles. The standard InChI is InChI=1S/C27H26N2O4S/c30-20-7-4-18(5-8-20)27-25(22-10-9-21(31)16-23(22)34-27)26(32)19-6-11-24(28-17-19)33-15-14-29-12-2-1-3-13-29/h4-11,16-17,30-31H,1-3,12-15H2. The van der Waals surface area contributed by atoms with E-state index >= 15 is 0 Å². The predicted octanol–water partition coefficient (Wildman–Crippen LogP) is 5.47. The molecule has 0 saturated carbocycles. The molecule has 34 heavy (non-hydrogen) atoms. The van der Waals surface area contributed by atoms with Crippen molar-refractivity contribution in [2.24, 2.45) is 0 Å². The summed E-state index contributed by atoms with van der Waals surface area (Å²) in [7, 11) is 0. The first-order valence-electron chi connectivity index (χ1n) is 11.5. The van der Waals surface area contributed by atoms with Gasteiger partial charge in [0.15, 0.2) is 5.78 Å². The van der Waals surface area contributed by atoms with Crippen LogP contribution in [0.5, 0.6) is 17.4 Å². The monoisotopic (exact) mass is 474 g/mol. The van der Waals surface area contributed by atoms with E-state index in [4.69, 9.17) is 4.74 Å². The number of fused-ring (bicyclic) bond motifs is 1. The number of nitrogens with zero attached hydrogens (tertiary/aromatic N) is 2. The van der Waals surface area contributed by atoms with E-state index in [2.05, 4.69) is 9.88 Å². The van der Waals surface area contributed by atoms with E-state index in [1.165, 1.54) is 30.6 Å². The lowest BCUT2D eigenvalue weighted by molar-refractivity contribution is 0.104. The van der Waals surface area contributed by atoms with Gasteiger partial charge in [-0.05, 0) is 80.0 Å². The summed E-state index contributed by atoms with van der Waals surface area (Å²) in [5, 5.41) is 20.4. The van der Waals surface area contributed by atoms with Crippen LogP contribution in [0.4, 0.5) is 0 Å². The van der Waals surface area contributed by atoms with Crippen LogP contribution < -0.4 is 4.74 Å². The molecule has 6 nitrogen and oxygen atoms in total. The summed E-state index contributed by atoms with van der Waals surface area (Å²) in [5.74, 6) is 0.674. The van der Waals surface area contributed by atoms with E-state index in [1.54, 1.807) is 60.8 Å². The van der Waals surface area contributed by atoms with E-state index in [-0.39, 0.29) is 17.3 Å². The highest BCUT2D eigenvalue weighted by molar-refractivity contribution is 7.22. The van der Waals surface area contributed by atoms with E-state index in [0.717, 1.165) is 40.2 Å². The van der Waals surface area contributed by atoms with Gasteiger partial charge in [0.05, 0.1) is 0 Å². The number of benzene rings is 2. The molecule has 7 heteroatoms. The van der Waals surface area contributed by atoms with Crippen molar-refractivity contribution < 1.29 is 19.7 Å². The van der Waals surface area contributed by atoms with Crippen LogP contribution in [-0.2, 0) is 0 Å². The number of thiophene rings is 1. The molecule has 1 aliphatic heterocycles. The zero-order chi connectivity index (χ0) is 23.5. The maximum Gasteiger partial charge on any atom is 0.213 e. The molecule has 0 amide bonds. The number of hydrogen-bond donors (Lipinski definition) is 2. The van der Waals surface area contributed by atoms with Crippen LogP contribution in [0.3, 0.4) is 0 Å². The minimum Gasteiger partial charge on any atom is -0.508 e. The van der Waals surface area contributed by atoms with Gasteiger partial charge in [-0.2, -0.15) is 0 Å². The van der Waals surface area contributed by atoms with Crippen molar-refractivity contribution in [1.82, 2.24) is 9.88 Å². The van der Waals surface area contributed by atoms with Crippen molar-refractivity contribution in [3.63, 3.8) is 0 Å². The van der Waals surface area contributed by atoms with Crippen LogP contribution in [0.25, 0.3) is 20.5 Å². The molecule has 2 aromatic heterocycles. The summed E-state index contributed by atoms with van der Waals surface area (Å²) >= 11 is 1.44. The zero-order valence-corrected chi connectivity index (χ0v) is 19.6. The topological polar surface area (TPSA) is 82.9 Å². The molecule has 0 radical (unpaired) electrons. The molecule has 0 spiro atoms. The second kappa shape index (κ2) is 9.83. The SMILES string of the molecule is O=C(c1ccc(OCCN2CCCCC2)nc1)c1c(-c2ccc(O)cc2)sc2cc(O)ccc12. The number of ether oxygens (including phenoxy) is 1. The first kappa shape index (κ1) is 22.4. The highest BCUT2D eigenvalue weighted by atomic mass is 32.1. The number of rotatable bonds is 7. The summed E-state index contributed by atoms with van der Waals surface area (Å²) in [6, 6.07) is 15.3. The molecule has 0 unspecified atom stereocenters. The third-order valence-corrected chi connectivity index (χ3v) is 7.34. The average molecular weight is 475 g/mol. The van der Waals surface area contributed by atoms with Gasteiger partial charge in [-0.3, -0.25) is 9.69 Å². The summed E-state index contributed by atoms with van der Waals surface area (Å²) in [4.78, 5) is 21.2. The van der Waals surface area contributed by atoms with Gasteiger partial charge in [0, 0.05) is 44.9 Å². The predicted molar refractivity (Wildman–Crippen MR) is 134 cm³/mol. The summed E-state index contributed by atoms with van der Waals surface area (Å²) in [5.41, 5.74) is 1.86. The minimum absolute atomic E-state index is 0.146. The van der Waals surface area contributed by atoms with Gasteiger partial charge in [-0.15, -0.1) is 11.3 Å². The van der Waals surface area contributed by atoms with E-state index in [0.29, 0.717) is 23.6 Å². The van der Waals surface area contributed by atoms with Crippen molar-refractivity contribution in [2.75, 3.05) is 26.2 Å². The number of carbonyl (C=O) groups excluding carboxylic acids is 1. The molecule has 1 fully saturated rings. The van der Waals surface area contributed by atoms with Crippen LogP contribution in [-0.4, -0.2) is 52.1 Å². The number of piperidine rings is 1. The number of phenolic OH excluding ortho intramolecular Hbond substituents is 2. The Morgan fingerprint density at radius 3 is 2.47 bits per heavy atom. The first-order chi connectivity index (χ1) is 16.6. The number of aromatic nitrogens is 1. The normalized spacial score (nSPS) is 14.4. The van der Waals surface area contributed by atoms with Crippen molar-refractivity contribution in [3.8, 4) is 27.8 Å². The number of hydrogen-bond acceptors (Lipinski definition) is 7. The summed E-state index contributed by atoms with van der Waals surface area (Å²) < 4.78 is 6.63. The molecule has 3 heterocycles. The van der Waals surface area contributed by atoms with Crippen molar-refractivity contribution in [2.45, 2.75) is 19.3 Å². The van der Waals surface area contributed by atoms with Crippen LogP contribution in [0, 0.1) is 0 Å². The number of likely N-dealkylation sites (tertiary alicyclic amines) is 1. The Hall–Kier alpha value is -3.42. The Labute approximate surface area is 202 Å². The molecule has 5 rings (SSSR count). The second-order valence-corrected chi connectivity index (χ2v) is 9.55. The van der Waals surface area contributed by atoms with Crippen molar-refractivity contribution in [3.05, 3.63) is 71.9 Å². The van der Waals surface area contributed by atoms with E-state index in [9.17, 15) is 15.0 Å². The molecular formula is C27H26N2O4S. The summed E-state index contributed by atoms with van der Waals surface area (Å²) in [6.45, 7) is 3.70. The number of ketones is 1. The fraction of sp³-hybridized carbons (Fsp3) is 0.259. The van der Waals surface area contributed by atoms with Gasteiger partial charge in [-0.25, -0.2) is 4.98 Å². The Morgan fingerprint density at radius 2 is 1.74 bits per heavy atom. The Bertz CT molecular complexity index is 1290. The molecular weight excluding hydrogens is 448 g/mol. The lowest BCUT2D eigenvalue weighted by Crippen LogP contribution is -2.33. The highest BCUT2D eigenvalue weighted by Crippen LogP contribution is 2.41. The molecule has 2 N–H and O–H groups in total. The fourth-order valence-corrected chi connectivity index (χ4v) is 5.57. The van der Waals surface area contributed by atoms with Crippen LogP contribution in [0.2, 0.25) is 0 Å². The smallest absolute Gasteiger partial charge is 0.213 e. The molecule has 4 aromatic rings. The molecule has 0 atom stereocenters. The third-order valence-electron chi connectivity index (χ3n) is 6.13. The quantitative estimate of drug-likeness (QED) is 0.346. The first-order valence-corrected chi connectivity index (χ1v) is 12.3. The van der Waals surface area contributed by atoms with Crippen molar-refractivity contribution in [1.29, 1.82) is 0 Å². The van der Waals surface area contributed by atoms with Crippen LogP contribution in [0.15, 0.2) is 60.8 Å². The highest BCUT2D eigenvalue weighted by Gasteiger charge is 2.22. The lowest BCUT2D eigenvalue weighted by atomic mass is 9.98. The molecule has 0 bridgehead atoms. The Balaban J connectivity index is 1.39. The summed E-state index contributed by atoms with van der Waals surface area (Å²) in [6.07, 6.45) is 5.36. The zero-order valence-electron chi connectivity index (χ0n) is 18.7. The van der Waals surface area contributed by atoms with Gasteiger partial charge in [0.1, 0.15) is 18.1 Å². The fourth-order valence-electron chi connectivity index (χ4n) is 4.33. The maximum atomic E-state index is 13.6. The molecule has 174 valence electrons. The average Bonchev–Trinajstić information content (AvgIpc) is 3.23. The Morgan fingerprint density at radius 1 is 0.971 bits per heavy atom. The van der Waals surface area contributed by atoms with Gasteiger partial charge >= 0.3 is 0 Å². The molecule has 1 saturated heterocycles. The van der Waals surface area contributed by atoms with Crippen molar-refractivity contribution >= 4 is 27.2 Å². The largest absolute Gasteiger partial charge is 0.508 e. The van der Waals surface area contributed by atoms with E-state index < -0.39 is 0 Å². The molecule has 0 aliphatic carbocycles. The third kappa shape index (κ3) is 4.76. The Kier molecular flexibility index (Phi) is 6.47. The van der Waals surface area contributed by atoms with Gasteiger partial charge in [-0.1, -0.05) is 6.42 Å². The molecule has 1 aliphatic rings. The number of carbonyl (C=O) groups is 1. The van der Waals surface area contributed by atoms with Gasteiger partial charge < -0.3 is 14.9 Å². The maximum absolute atomic E-state index is 13.6. The van der Waals surface area contributed by atoms with Crippen LogP contribution >= 0.6 is 11.3 Å². The number of phenols is 2. The lowest BCUT2D eigenvalue weighted by Gasteiger charge is -2.25. The van der Waals surface area contributed by atoms with Crippen LogP contribution in [0.1, 0.15) is 35.2 Å². The van der Waals surface area contributed by atoms with E-state index in [1.807, 2.05) is 0 Å². The van der Waals surface area contributed by atoms with Gasteiger partial charge in [0.25, 0.3) is 0 Å². The van der Waals surface area contributed by atoms with Gasteiger partial charge in [0.2, 0.25) is 5.88 Å². The number of aromatic hydroxyl groups is 2.